The van der Waals surface area contributed by atoms with Crippen LogP contribution >= 0.6 is 24.0 Å². The van der Waals surface area contributed by atoms with E-state index in [1.54, 1.807) is 20.8 Å². The summed E-state index contributed by atoms with van der Waals surface area (Å²) in [5, 5.41) is 5.89. The third kappa shape index (κ3) is 8.31. The number of hydrogen-bond donors (Lipinski definition) is 2. The van der Waals surface area contributed by atoms with Crippen molar-refractivity contribution in [3.05, 3.63) is 0 Å². The molecule has 0 aromatic rings. The summed E-state index contributed by atoms with van der Waals surface area (Å²) in [5.41, 5.74) is 0. The van der Waals surface area contributed by atoms with Crippen LogP contribution in [-0.2, 0) is 9.84 Å². The summed E-state index contributed by atoms with van der Waals surface area (Å²) < 4.78 is 23.0. The normalized spacial score (nSPS) is 12.3. The molecule has 0 unspecified atom stereocenters. The largest absolute Gasteiger partial charge is 0.357 e. The van der Waals surface area contributed by atoms with Gasteiger partial charge in [-0.15, -0.1) is 30.4 Å². The van der Waals surface area contributed by atoms with Gasteiger partial charge in [0.15, 0.2) is 15.8 Å². The summed E-state index contributed by atoms with van der Waals surface area (Å²) >= 11 is 0. The SMILES string of the molecule is C#CCNC(=NCCS(=O)(=O)C(C)(C)C)NCC.I. The maximum absolute atomic E-state index is 11.9. The molecule has 0 aliphatic heterocycles. The van der Waals surface area contributed by atoms with E-state index in [9.17, 15) is 8.42 Å². The minimum Gasteiger partial charge on any atom is -0.357 e. The molecule has 0 atom stereocenters. The summed E-state index contributed by atoms with van der Waals surface area (Å²) in [6.45, 7) is 8.27. The van der Waals surface area contributed by atoms with Gasteiger partial charge in [0.1, 0.15) is 0 Å². The van der Waals surface area contributed by atoms with Crippen molar-refractivity contribution in [1.82, 2.24) is 10.6 Å². The average Bonchev–Trinajstić information content (AvgIpc) is 2.24. The number of guanidine groups is 1. The monoisotopic (exact) mass is 401 g/mol. The number of rotatable bonds is 5. The molecule has 0 heterocycles. The molecule has 0 amide bonds. The third-order valence-corrected chi connectivity index (χ3v) is 4.85. The highest BCUT2D eigenvalue weighted by atomic mass is 127. The summed E-state index contributed by atoms with van der Waals surface area (Å²) in [4.78, 5) is 4.17. The predicted octanol–water partition coefficient (Wildman–Crippen LogP) is 1.01. The predicted molar refractivity (Wildman–Crippen MR) is 91.8 cm³/mol. The van der Waals surface area contributed by atoms with Crippen molar-refractivity contribution in [2.75, 3.05) is 25.4 Å². The van der Waals surface area contributed by atoms with Crippen molar-refractivity contribution < 1.29 is 8.42 Å². The van der Waals surface area contributed by atoms with Gasteiger partial charge in [0.05, 0.1) is 23.6 Å². The molecule has 2 N–H and O–H groups in total. The van der Waals surface area contributed by atoms with Crippen LogP contribution in [0.4, 0.5) is 0 Å². The number of terminal acetylenes is 1. The van der Waals surface area contributed by atoms with Gasteiger partial charge in [-0.1, -0.05) is 5.92 Å². The van der Waals surface area contributed by atoms with Crippen LogP contribution in [0, 0.1) is 12.3 Å². The van der Waals surface area contributed by atoms with Gasteiger partial charge in [-0.05, 0) is 27.7 Å². The van der Waals surface area contributed by atoms with Crippen molar-refractivity contribution in [2.24, 2.45) is 4.99 Å². The Morgan fingerprint density at radius 2 is 1.89 bits per heavy atom. The number of aliphatic imine (C=N–C) groups is 1. The van der Waals surface area contributed by atoms with E-state index < -0.39 is 14.6 Å². The molecule has 19 heavy (non-hydrogen) atoms. The van der Waals surface area contributed by atoms with Crippen LogP contribution in [0.2, 0.25) is 0 Å². The lowest BCUT2D eigenvalue weighted by molar-refractivity contribution is 0.560. The fourth-order valence-corrected chi connectivity index (χ4v) is 2.00. The van der Waals surface area contributed by atoms with Gasteiger partial charge in [0, 0.05) is 6.54 Å². The minimum absolute atomic E-state index is 0. The number of nitrogens with zero attached hydrogens (tertiary/aromatic N) is 1. The van der Waals surface area contributed by atoms with E-state index in [0.29, 0.717) is 19.0 Å². The molecule has 0 aromatic heterocycles. The zero-order valence-corrected chi connectivity index (χ0v) is 15.1. The molecule has 0 rings (SSSR count). The lowest BCUT2D eigenvalue weighted by Gasteiger charge is -2.18. The number of halogens is 1. The first kappa shape index (κ1) is 20.8. The van der Waals surface area contributed by atoms with Crippen molar-refractivity contribution >= 4 is 39.8 Å². The third-order valence-electron chi connectivity index (χ3n) is 2.27. The van der Waals surface area contributed by atoms with E-state index in [0.717, 1.165) is 0 Å². The standard InChI is InChI=1S/C12H23N3O2S.HI/c1-6-8-14-11(13-7-2)15-9-10-18(16,17)12(3,4)5;/h1H,7-10H2,2-5H3,(H2,13,14,15);1H. The number of nitrogens with one attached hydrogen (secondary N) is 2. The lowest BCUT2D eigenvalue weighted by atomic mass is 10.3. The molecular weight excluding hydrogens is 377 g/mol. The molecule has 0 aliphatic rings. The van der Waals surface area contributed by atoms with E-state index in [4.69, 9.17) is 6.42 Å². The van der Waals surface area contributed by atoms with Crippen LogP contribution in [0.25, 0.3) is 0 Å². The molecular formula is C12H24IN3O2S. The van der Waals surface area contributed by atoms with Gasteiger partial charge in [0.25, 0.3) is 0 Å². The molecule has 0 spiro atoms. The molecule has 0 radical (unpaired) electrons. The van der Waals surface area contributed by atoms with E-state index in [1.807, 2.05) is 6.92 Å². The van der Waals surface area contributed by atoms with E-state index in [-0.39, 0.29) is 36.3 Å². The van der Waals surface area contributed by atoms with Gasteiger partial charge >= 0.3 is 0 Å². The highest BCUT2D eigenvalue weighted by Gasteiger charge is 2.28. The topological polar surface area (TPSA) is 70.6 Å². The van der Waals surface area contributed by atoms with Crippen LogP contribution in [0.3, 0.4) is 0 Å². The second-order valence-corrected chi connectivity index (χ2v) is 7.61. The molecule has 0 aromatic carbocycles. The van der Waals surface area contributed by atoms with Gasteiger partial charge < -0.3 is 10.6 Å². The zero-order chi connectivity index (χ0) is 14.2. The number of hydrogen-bond acceptors (Lipinski definition) is 3. The Morgan fingerprint density at radius 1 is 1.32 bits per heavy atom. The second kappa shape index (κ2) is 9.42. The fourth-order valence-electron chi connectivity index (χ4n) is 1.06. The van der Waals surface area contributed by atoms with Crippen molar-refractivity contribution in [3.8, 4) is 12.3 Å². The van der Waals surface area contributed by atoms with Gasteiger partial charge in [-0.25, -0.2) is 8.42 Å². The number of sulfone groups is 1. The molecule has 0 fully saturated rings. The maximum Gasteiger partial charge on any atom is 0.192 e. The first-order valence-electron chi connectivity index (χ1n) is 5.92. The average molecular weight is 401 g/mol. The van der Waals surface area contributed by atoms with Crippen LogP contribution in [0.15, 0.2) is 4.99 Å². The van der Waals surface area contributed by atoms with Crippen molar-refractivity contribution in [3.63, 3.8) is 0 Å². The maximum atomic E-state index is 11.9. The zero-order valence-electron chi connectivity index (χ0n) is 12.0. The van der Waals surface area contributed by atoms with Gasteiger partial charge in [-0.3, -0.25) is 4.99 Å². The summed E-state index contributed by atoms with van der Waals surface area (Å²) in [5.74, 6) is 3.01. The van der Waals surface area contributed by atoms with Gasteiger partial charge in [0.2, 0.25) is 0 Å². The molecule has 0 aliphatic carbocycles. The van der Waals surface area contributed by atoms with E-state index in [2.05, 4.69) is 21.5 Å². The van der Waals surface area contributed by atoms with E-state index in [1.165, 1.54) is 0 Å². The highest BCUT2D eigenvalue weighted by molar-refractivity contribution is 14.0. The smallest absolute Gasteiger partial charge is 0.192 e. The Kier molecular flexibility index (Phi) is 10.3. The molecule has 0 bridgehead atoms. The first-order valence-corrected chi connectivity index (χ1v) is 7.57. The Labute approximate surface area is 134 Å². The fraction of sp³-hybridized carbons (Fsp3) is 0.750. The molecule has 112 valence electrons. The minimum atomic E-state index is -3.13. The molecule has 5 nitrogen and oxygen atoms in total. The Hall–Kier alpha value is -0.490. The van der Waals surface area contributed by atoms with Crippen LogP contribution in [0.1, 0.15) is 27.7 Å². The molecule has 0 saturated heterocycles. The van der Waals surface area contributed by atoms with Crippen LogP contribution in [0.5, 0.6) is 0 Å². The Balaban J connectivity index is 0. The Bertz CT molecular complexity index is 419. The van der Waals surface area contributed by atoms with Crippen molar-refractivity contribution in [1.29, 1.82) is 0 Å². The van der Waals surface area contributed by atoms with Crippen molar-refractivity contribution in [2.45, 2.75) is 32.4 Å². The van der Waals surface area contributed by atoms with E-state index >= 15 is 0 Å². The van der Waals surface area contributed by atoms with Gasteiger partial charge in [-0.2, -0.15) is 0 Å². The first-order chi connectivity index (χ1) is 8.24. The molecule has 0 saturated carbocycles. The van der Waals surface area contributed by atoms with Crippen LogP contribution < -0.4 is 10.6 Å². The summed E-state index contributed by atoms with van der Waals surface area (Å²) in [6.07, 6.45) is 5.14. The summed E-state index contributed by atoms with van der Waals surface area (Å²) in [7, 11) is -3.13. The summed E-state index contributed by atoms with van der Waals surface area (Å²) in [6, 6.07) is 0. The second-order valence-electron chi connectivity index (χ2n) is 4.75. The molecule has 7 heteroatoms. The quantitative estimate of drug-likeness (QED) is 0.312. The van der Waals surface area contributed by atoms with Crippen LogP contribution in [-0.4, -0.2) is 44.5 Å². The lowest BCUT2D eigenvalue weighted by Crippen LogP contribution is -2.38. The highest BCUT2D eigenvalue weighted by Crippen LogP contribution is 2.15. The Morgan fingerprint density at radius 3 is 2.32 bits per heavy atom.